The summed E-state index contributed by atoms with van der Waals surface area (Å²) in [5, 5.41) is 4.36. The molecule has 0 saturated heterocycles. The molecule has 0 atom stereocenters. The lowest BCUT2D eigenvalue weighted by molar-refractivity contribution is 0.501. The van der Waals surface area contributed by atoms with E-state index in [4.69, 9.17) is 0 Å². The topological polar surface area (TPSA) is 6.48 Å². The van der Waals surface area contributed by atoms with Gasteiger partial charge in [-0.2, -0.15) is 0 Å². The van der Waals surface area contributed by atoms with Gasteiger partial charge in [0.1, 0.15) is 0 Å². The van der Waals surface area contributed by atoms with E-state index in [1.165, 1.54) is 11.3 Å². The minimum atomic E-state index is 0.974. The highest BCUT2D eigenvalue weighted by atomic mass is 15.6. The van der Waals surface area contributed by atoms with Crippen molar-refractivity contribution in [2.45, 2.75) is 0 Å². The number of fused-ring (bicyclic) bond motifs is 3. The highest BCUT2D eigenvalue weighted by Gasteiger charge is 2.19. The molecule has 2 heterocycles. The van der Waals surface area contributed by atoms with Crippen molar-refractivity contribution < 1.29 is 0 Å². The van der Waals surface area contributed by atoms with Gasteiger partial charge in [-0.3, -0.25) is 10.0 Å². The van der Waals surface area contributed by atoms with Crippen molar-refractivity contribution in [3.8, 4) is 0 Å². The summed E-state index contributed by atoms with van der Waals surface area (Å²) >= 11 is 0. The molecular formula is C11H10N2. The fraction of sp³-hybridized carbons (Fsp3) is 0.0909. The Morgan fingerprint density at radius 2 is 2.00 bits per heavy atom. The van der Waals surface area contributed by atoms with Gasteiger partial charge in [0.25, 0.3) is 0 Å². The lowest BCUT2D eigenvalue weighted by atomic mass is 10.1. The van der Waals surface area contributed by atoms with E-state index >= 15 is 0 Å². The zero-order valence-corrected chi connectivity index (χ0v) is 7.22. The third-order valence-corrected chi connectivity index (χ3v) is 2.44. The fourth-order valence-electron chi connectivity index (χ4n) is 1.80. The van der Waals surface area contributed by atoms with Gasteiger partial charge in [0.2, 0.25) is 0 Å². The van der Waals surface area contributed by atoms with E-state index in [1.807, 2.05) is 0 Å². The second-order valence-corrected chi connectivity index (χ2v) is 3.22. The zero-order valence-electron chi connectivity index (χ0n) is 7.22. The normalized spacial score (nSPS) is 17.5. The van der Waals surface area contributed by atoms with Gasteiger partial charge < -0.3 is 0 Å². The number of benzene rings is 1. The lowest BCUT2D eigenvalue weighted by Crippen LogP contribution is -2.33. The van der Waals surface area contributed by atoms with Crippen molar-refractivity contribution in [1.82, 2.24) is 5.01 Å². The van der Waals surface area contributed by atoms with Crippen molar-refractivity contribution in [1.29, 1.82) is 0 Å². The second-order valence-electron chi connectivity index (χ2n) is 3.22. The highest BCUT2D eigenvalue weighted by Crippen LogP contribution is 2.29. The molecule has 64 valence electrons. The molecule has 1 aromatic rings. The number of hydrogen-bond donors (Lipinski definition) is 0. The second kappa shape index (κ2) is 2.39. The minimum Gasteiger partial charge on any atom is -0.277 e. The number of hydrazine groups is 1. The van der Waals surface area contributed by atoms with Gasteiger partial charge in [-0.05, 0) is 18.2 Å². The molecule has 3 rings (SSSR count). The van der Waals surface area contributed by atoms with Crippen LogP contribution in [0.2, 0.25) is 0 Å². The third-order valence-electron chi connectivity index (χ3n) is 2.44. The van der Waals surface area contributed by atoms with Gasteiger partial charge in [0.05, 0.1) is 12.2 Å². The van der Waals surface area contributed by atoms with Crippen LogP contribution in [-0.4, -0.2) is 11.6 Å². The molecule has 0 amide bonds. The first kappa shape index (κ1) is 6.78. The minimum absolute atomic E-state index is 0.974. The molecule has 2 aliphatic heterocycles. The molecule has 2 aliphatic rings. The molecule has 0 radical (unpaired) electrons. The monoisotopic (exact) mass is 170 g/mol. The molecule has 1 aromatic carbocycles. The van der Waals surface area contributed by atoms with E-state index in [-0.39, 0.29) is 0 Å². The van der Waals surface area contributed by atoms with Crippen LogP contribution in [0.25, 0.3) is 6.08 Å². The quantitative estimate of drug-likeness (QED) is 0.589. The van der Waals surface area contributed by atoms with Crippen LogP contribution in [0, 0.1) is 0 Å². The Hall–Kier alpha value is -1.70. The molecule has 0 saturated carbocycles. The van der Waals surface area contributed by atoms with Crippen molar-refractivity contribution in [2.75, 3.05) is 11.6 Å². The lowest BCUT2D eigenvalue weighted by Gasteiger charge is -2.32. The number of anilines is 1. The van der Waals surface area contributed by atoms with E-state index in [9.17, 15) is 0 Å². The SMILES string of the molecule is C1=CN2C=Cc3ccccc3N2C1. The Balaban J connectivity index is 2.15. The van der Waals surface area contributed by atoms with Gasteiger partial charge >= 0.3 is 0 Å². The van der Waals surface area contributed by atoms with E-state index in [0.717, 1.165) is 6.54 Å². The Morgan fingerprint density at radius 1 is 1.08 bits per heavy atom. The van der Waals surface area contributed by atoms with Crippen LogP contribution in [-0.2, 0) is 0 Å². The van der Waals surface area contributed by atoms with E-state index in [2.05, 4.69) is 58.8 Å². The molecule has 0 spiro atoms. The Morgan fingerprint density at radius 3 is 3.00 bits per heavy atom. The predicted molar refractivity (Wildman–Crippen MR) is 53.8 cm³/mol. The van der Waals surface area contributed by atoms with Crippen LogP contribution in [0.1, 0.15) is 5.56 Å². The Kier molecular flexibility index (Phi) is 1.25. The smallest absolute Gasteiger partial charge is 0.0654 e. The molecule has 13 heavy (non-hydrogen) atoms. The summed E-state index contributed by atoms with van der Waals surface area (Å²) in [4.78, 5) is 0. The molecule has 0 fully saturated rings. The summed E-state index contributed by atoms with van der Waals surface area (Å²) in [5.41, 5.74) is 2.58. The van der Waals surface area contributed by atoms with Crippen molar-refractivity contribution in [3.05, 3.63) is 48.3 Å². The van der Waals surface area contributed by atoms with E-state index < -0.39 is 0 Å². The van der Waals surface area contributed by atoms with Gasteiger partial charge in [-0.1, -0.05) is 18.2 Å². The third kappa shape index (κ3) is 0.886. The predicted octanol–water partition coefficient (Wildman–Crippen LogP) is 2.22. The maximum Gasteiger partial charge on any atom is 0.0654 e. The van der Waals surface area contributed by atoms with Gasteiger partial charge in [-0.15, -0.1) is 0 Å². The van der Waals surface area contributed by atoms with Crippen LogP contribution < -0.4 is 5.01 Å². The first-order valence-electron chi connectivity index (χ1n) is 4.45. The van der Waals surface area contributed by atoms with Crippen LogP contribution in [0.3, 0.4) is 0 Å². The standard InChI is InChI=1S/C11H10N2/c1-2-5-11-10(4-1)6-9-12-7-3-8-13(11)12/h1-7,9H,8H2. The average molecular weight is 170 g/mol. The first-order chi connectivity index (χ1) is 6.45. The molecule has 0 N–H and O–H groups in total. The van der Waals surface area contributed by atoms with Crippen molar-refractivity contribution in [2.24, 2.45) is 0 Å². The molecule has 2 heteroatoms. The zero-order chi connectivity index (χ0) is 8.67. The Labute approximate surface area is 77.4 Å². The number of hydrogen-bond acceptors (Lipinski definition) is 2. The van der Waals surface area contributed by atoms with Crippen molar-refractivity contribution in [3.63, 3.8) is 0 Å². The number of nitrogens with zero attached hydrogens (tertiary/aromatic N) is 2. The fourth-order valence-corrected chi connectivity index (χ4v) is 1.80. The van der Waals surface area contributed by atoms with Crippen LogP contribution >= 0.6 is 0 Å². The maximum absolute atomic E-state index is 2.25. The van der Waals surface area contributed by atoms with Crippen molar-refractivity contribution >= 4 is 11.8 Å². The molecule has 2 nitrogen and oxygen atoms in total. The van der Waals surface area contributed by atoms with Crippen LogP contribution in [0.5, 0.6) is 0 Å². The van der Waals surface area contributed by atoms with E-state index in [1.54, 1.807) is 0 Å². The summed E-state index contributed by atoms with van der Waals surface area (Å²) < 4.78 is 0. The summed E-state index contributed by atoms with van der Waals surface area (Å²) in [6.07, 6.45) is 8.48. The molecule has 0 bridgehead atoms. The molecule has 0 unspecified atom stereocenters. The highest BCUT2D eigenvalue weighted by molar-refractivity contribution is 5.70. The summed E-state index contributed by atoms with van der Waals surface area (Å²) in [6.45, 7) is 0.974. The van der Waals surface area contributed by atoms with Crippen LogP contribution in [0.15, 0.2) is 42.7 Å². The summed E-state index contributed by atoms with van der Waals surface area (Å²) in [5.74, 6) is 0. The maximum atomic E-state index is 2.25. The average Bonchev–Trinajstić information content (AvgIpc) is 2.65. The molecule has 0 aromatic heterocycles. The molecular weight excluding hydrogens is 160 g/mol. The summed E-state index contributed by atoms with van der Waals surface area (Å²) in [7, 11) is 0. The largest absolute Gasteiger partial charge is 0.277 e. The summed E-state index contributed by atoms with van der Waals surface area (Å²) in [6, 6.07) is 8.44. The van der Waals surface area contributed by atoms with Gasteiger partial charge in [-0.25, -0.2) is 0 Å². The van der Waals surface area contributed by atoms with Gasteiger partial charge in [0, 0.05) is 18.0 Å². The number of rotatable bonds is 0. The van der Waals surface area contributed by atoms with Gasteiger partial charge in [0.15, 0.2) is 0 Å². The molecule has 0 aliphatic carbocycles. The van der Waals surface area contributed by atoms with Crippen LogP contribution in [0.4, 0.5) is 5.69 Å². The Bertz CT molecular complexity index is 393. The van der Waals surface area contributed by atoms with E-state index in [0.29, 0.717) is 0 Å². The first-order valence-corrected chi connectivity index (χ1v) is 4.45. The number of para-hydroxylation sites is 1.